The number of carbonyl (C=O) groups excluding carboxylic acids is 1. The van der Waals surface area contributed by atoms with Crippen LogP contribution in [0.25, 0.3) is 10.9 Å². The minimum absolute atomic E-state index is 0.111. The monoisotopic (exact) mass is 322 g/mol. The van der Waals surface area contributed by atoms with E-state index in [2.05, 4.69) is 10.3 Å². The van der Waals surface area contributed by atoms with E-state index >= 15 is 0 Å². The molecule has 0 aliphatic carbocycles. The molecule has 1 heterocycles. The smallest absolute Gasteiger partial charge is 0.352 e. The maximum atomic E-state index is 12.3. The average Bonchev–Trinajstić information content (AvgIpc) is 2.90. The van der Waals surface area contributed by atoms with E-state index in [4.69, 9.17) is 0 Å². The Kier molecular flexibility index (Phi) is 4.08. The Morgan fingerprint density at radius 1 is 1.08 bits per heavy atom. The average molecular weight is 322 g/mol. The standard InChI is InChI=1S/C19H18N2O3/c1-11-4-3-5-13(8-11)18(22)20-10-15-14-9-12(2)6-7-16(14)21-17(15)19(23)24/h3-9,21H,10H2,1-2H3,(H,20,22)(H,23,24). The molecule has 3 aromatic rings. The van der Waals surface area contributed by atoms with Gasteiger partial charge in [0.05, 0.1) is 0 Å². The number of nitrogens with one attached hydrogen (secondary N) is 2. The summed E-state index contributed by atoms with van der Waals surface area (Å²) in [5, 5.41) is 13.0. The fourth-order valence-electron chi connectivity index (χ4n) is 2.78. The van der Waals surface area contributed by atoms with Crippen LogP contribution in [0, 0.1) is 13.8 Å². The minimum Gasteiger partial charge on any atom is -0.477 e. The van der Waals surface area contributed by atoms with Crippen LogP contribution in [0.1, 0.15) is 37.5 Å². The topological polar surface area (TPSA) is 82.2 Å². The molecule has 0 spiro atoms. The van der Waals surface area contributed by atoms with Crippen molar-refractivity contribution in [1.29, 1.82) is 0 Å². The molecule has 0 radical (unpaired) electrons. The van der Waals surface area contributed by atoms with Crippen molar-refractivity contribution in [3.05, 3.63) is 70.4 Å². The molecule has 3 rings (SSSR count). The molecular formula is C19H18N2O3. The first-order valence-corrected chi connectivity index (χ1v) is 7.65. The van der Waals surface area contributed by atoms with E-state index in [1.807, 2.05) is 44.2 Å². The van der Waals surface area contributed by atoms with E-state index in [1.54, 1.807) is 12.1 Å². The van der Waals surface area contributed by atoms with Gasteiger partial charge in [0.15, 0.2) is 0 Å². The summed E-state index contributed by atoms with van der Waals surface area (Å²) in [6, 6.07) is 13.0. The zero-order valence-electron chi connectivity index (χ0n) is 13.5. The van der Waals surface area contributed by atoms with Crippen LogP contribution in [-0.2, 0) is 6.54 Å². The Bertz CT molecular complexity index is 941. The number of hydrogen-bond acceptors (Lipinski definition) is 2. The van der Waals surface area contributed by atoms with E-state index in [9.17, 15) is 14.7 Å². The number of carboxylic acids is 1. The van der Waals surface area contributed by atoms with Crippen molar-refractivity contribution in [2.75, 3.05) is 0 Å². The number of aromatic amines is 1. The molecule has 3 N–H and O–H groups in total. The Morgan fingerprint density at radius 2 is 1.83 bits per heavy atom. The Morgan fingerprint density at radius 3 is 2.54 bits per heavy atom. The van der Waals surface area contributed by atoms with Crippen LogP contribution < -0.4 is 5.32 Å². The van der Waals surface area contributed by atoms with Gasteiger partial charge in [0.25, 0.3) is 5.91 Å². The van der Waals surface area contributed by atoms with Gasteiger partial charge in [0.2, 0.25) is 0 Å². The normalized spacial score (nSPS) is 10.8. The van der Waals surface area contributed by atoms with Crippen molar-refractivity contribution in [3.8, 4) is 0 Å². The second-order valence-electron chi connectivity index (χ2n) is 5.88. The number of rotatable bonds is 4. The highest BCUT2D eigenvalue weighted by atomic mass is 16.4. The fourth-order valence-corrected chi connectivity index (χ4v) is 2.78. The van der Waals surface area contributed by atoms with Crippen molar-refractivity contribution in [2.45, 2.75) is 20.4 Å². The number of hydrogen-bond donors (Lipinski definition) is 3. The van der Waals surface area contributed by atoms with Crippen molar-refractivity contribution < 1.29 is 14.7 Å². The molecule has 0 bridgehead atoms. The van der Waals surface area contributed by atoms with Crippen LogP contribution >= 0.6 is 0 Å². The van der Waals surface area contributed by atoms with E-state index in [-0.39, 0.29) is 18.1 Å². The quantitative estimate of drug-likeness (QED) is 0.688. The number of carboxylic acid groups (broad SMARTS) is 1. The lowest BCUT2D eigenvalue weighted by molar-refractivity contribution is 0.0689. The SMILES string of the molecule is Cc1cccc(C(=O)NCc2c(C(=O)O)[nH]c3ccc(C)cc23)c1. The third-order valence-corrected chi connectivity index (χ3v) is 3.98. The molecule has 2 aromatic carbocycles. The first-order chi connectivity index (χ1) is 11.5. The molecule has 0 aliphatic rings. The number of carbonyl (C=O) groups is 2. The maximum Gasteiger partial charge on any atom is 0.352 e. The highest BCUT2D eigenvalue weighted by molar-refractivity contribution is 5.99. The van der Waals surface area contributed by atoms with Gasteiger partial charge in [-0.3, -0.25) is 4.79 Å². The van der Waals surface area contributed by atoms with Crippen LogP contribution in [0.4, 0.5) is 0 Å². The van der Waals surface area contributed by atoms with Gasteiger partial charge in [-0.1, -0.05) is 29.3 Å². The summed E-state index contributed by atoms with van der Waals surface area (Å²) in [6.45, 7) is 4.02. The van der Waals surface area contributed by atoms with Gasteiger partial charge in [0.1, 0.15) is 5.69 Å². The van der Waals surface area contributed by atoms with Gasteiger partial charge in [-0.25, -0.2) is 4.79 Å². The zero-order valence-corrected chi connectivity index (χ0v) is 13.5. The van der Waals surface area contributed by atoms with Gasteiger partial charge < -0.3 is 15.4 Å². The van der Waals surface area contributed by atoms with Crippen molar-refractivity contribution in [3.63, 3.8) is 0 Å². The van der Waals surface area contributed by atoms with Gasteiger partial charge in [0, 0.05) is 28.6 Å². The third kappa shape index (κ3) is 3.01. The molecule has 0 aliphatic heterocycles. The minimum atomic E-state index is -1.04. The molecule has 0 unspecified atom stereocenters. The lowest BCUT2D eigenvalue weighted by atomic mass is 10.1. The molecule has 5 nitrogen and oxygen atoms in total. The van der Waals surface area contributed by atoms with Gasteiger partial charge >= 0.3 is 5.97 Å². The maximum absolute atomic E-state index is 12.3. The molecule has 24 heavy (non-hydrogen) atoms. The summed E-state index contributed by atoms with van der Waals surface area (Å²) in [7, 11) is 0. The number of benzene rings is 2. The first kappa shape index (κ1) is 15.8. The van der Waals surface area contributed by atoms with Gasteiger partial charge in [-0.05, 0) is 38.1 Å². The second kappa shape index (κ2) is 6.20. The molecule has 1 amide bonds. The first-order valence-electron chi connectivity index (χ1n) is 7.65. The Labute approximate surface area is 139 Å². The number of H-pyrrole nitrogens is 1. The zero-order chi connectivity index (χ0) is 17.3. The van der Waals surface area contributed by atoms with Crippen molar-refractivity contribution in [2.24, 2.45) is 0 Å². The van der Waals surface area contributed by atoms with E-state index in [1.165, 1.54) is 0 Å². The molecule has 0 fully saturated rings. The summed E-state index contributed by atoms with van der Waals surface area (Å²) >= 11 is 0. The number of fused-ring (bicyclic) bond motifs is 1. The molecule has 1 aromatic heterocycles. The molecular weight excluding hydrogens is 304 g/mol. The highest BCUT2D eigenvalue weighted by Crippen LogP contribution is 2.24. The Balaban J connectivity index is 1.91. The van der Waals surface area contributed by atoms with Gasteiger partial charge in [-0.15, -0.1) is 0 Å². The van der Waals surface area contributed by atoms with Crippen LogP contribution in [0.3, 0.4) is 0 Å². The lowest BCUT2D eigenvalue weighted by Crippen LogP contribution is -2.23. The largest absolute Gasteiger partial charge is 0.477 e. The van der Waals surface area contributed by atoms with E-state index < -0.39 is 5.97 Å². The van der Waals surface area contributed by atoms with Crippen LogP contribution in [0.15, 0.2) is 42.5 Å². The van der Waals surface area contributed by atoms with E-state index in [0.717, 1.165) is 22.0 Å². The molecule has 122 valence electrons. The van der Waals surface area contributed by atoms with Crippen molar-refractivity contribution >= 4 is 22.8 Å². The van der Waals surface area contributed by atoms with Crippen LogP contribution in [0.2, 0.25) is 0 Å². The molecule has 0 atom stereocenters. The summed E-state index contributed by atoms with van der Waals surface area (Å²) < 4.78 is 0. The summed E-state index contributed by atoms with van der Waals surface area (Å²) in [4.78, 5) is 26.7. The van der Waals surface area contributed by atoms with Crippen LogP contribution in [0.5, 0.6) is 0 Å². The summed E-state index contributed by atoms with van der Waals surface area (Å²) in [5.74, 6) is -1.26. The number of aryl methyl sites for hydroxylation is 2. The fraction of sp³-hybridized carbons (Fsp3) is 0.158. The van der Waals surface area contributed by atoms with Crippen LogP contribution in [-0.4, -0.2) is 22.0 Å². The predicted molar refractivity (Wildman–Crippen MR) is 92.3 cm³/mol. The predicted octanol–water partition coefficient (Wildman–Crippen LogP) is 3.41. The second-order valence-corrected chi connectivity index (χ2v) is 5.88. The van der Waals surface area contributed by atoms with Gasteiger partial charge in [-0.2, -0.15) is 0 Å². The third-order valence-electron chi connectivity index (χ3n) is 3.98. The lowest BCUT2D eigenvalue weighted by Gasteiger charge is -2.07. The molecule has 5 heteroatoms. The summed E-state index contributed by atoms with van der Waals surface area (Å²) in [5.41, 5.74) is 4.03. The van der Waals surface area contributed by atoms with E-state index in [0.29, 0.717) is 11.1 Å². The molecule has 0 saturated heterocycles. The number of aromatic carboxylic acids is 1. The molecule has 0 saturated carbocycles. The summed E-state index contributed by atoms with van der Waals surface area (Å²) in [6.07, 6.45) is 0. The number of amides is 1. The van der Waals surface area contributed by atoms with Crippen molar-refractivity contribution in [1.82, 2.24) is 10.3 Å². The number of aromatic nitrogens is 1. The highest BCUT2D eigenvalue weighted by Gasteiger charge is 2.18. The Hall–Kier alpha value is -3.08.